The van der Waals surface area contributed by atoms with E-state index in [1.54, 1.807) is 0 Å². The van der Waals surface area contributed by atoms with Crippen LogP contribution in [0.1, 0.15) is 5.56 Å². The molecular weight excluding hydrogens is 397 g/mol. The molecule has 0 saturated heterocycles. The number of anilines is 1. The van der Waals surface area contributed by atoms with E-state index < -0.39 is 29.2 Å². The molecule has 3 aromatic rings. The van der Waals surface area contributed by atoms with Crippen LogP contribution in [0.2, 0.25) is 0 Å². The highest BCUT2D eigenvalue weighted by Gasteiger charge is 2.73. The van der Waals surface area contributed by atoms with Gasteiger partial charge in [-0.2, -0.15) is 26.3 Å². The number of benzene rings is 2. The molecule has 0 spiro atoms. The molecule has 2 aromatic carbocycles. The molecule has 1 aromatic heterocycles. The zero-order valence-corrected chi connectivity index (χ0v) is 14.0. The van der Waals surface area contributed by atoms with Gasteiger partial charge in [0.15, 0.2) is 5.58 Å². The SMILES string of the molecule is COc1ccc(N)cc1-c1nc2ccc(C(F)(C(F)(F)F)C(F)(F)F)cc2o1. The maximum Gasteiger partial charge on any atom is 0.435 e. The van der Waals surface area contributed by atoms with Gasteiger partial charge in [0.05, 0.1) is 12.7 Å². The Labute approximate surface area is 152 Å². The van der Waals surface area contributed by atoms with Gasteiger partial charge in [0.2, 0.25) is 5.89 Å². The number of oxazole rings is 1. The number of rotatable bonds is 3. The summed E-state index contributed by atoms with van der Waals surface area (Å²) in [6.45, 7) is 0. The average molecular weight is 408 g/mol. The number of hydrogen-bond donors (Lipinski definition) is 1. The number of aromatic nitrogens is 1. The Morgan fingerprint density at radius 3 is 2.14 bits per heavy atom. The standard InChI is InChI=1S/C17H11F7N2O2/c1-27-12-5-3-9(25)7-10(12)14-26-11-4-2-8(6-13(11)28-14)15(18,16(19,20)21)17(22,23)24/h2-7H,25H2,1H3. The Morgan fingerprint density at radius 2 is 1.57 bits per heavy atom. The molecule has 0 saturated carbocycles. The van der Waals surface area contributed by atoms with Gasteiger partial charge >= 0.3 is 18.0 Å². The Kier molecular flexibility index (Phi) is 4.43. The number of ether oxygens (including phenoxy) is 1. The summed E-state index contributed by atoms with van der Waals surface area (Å²) in [6.07, 6.45) is -12.4. The fourth-order valence-corrected chi connectivity index (χ4v) is 2.63. The van der Waals surface area contributed by atoms with Crippen molar-refractivity contribution in [3.8, 4) is 17.2 Å². The fourth-order valence-electron chi connectivity index (χ4n) is 2.63. The lowest BCUT2D eigenvalue weighted by Crippen LogP contribution is -2.50. The van der Waals surface area contributed by atoms with Gasteiger partial charge in [-0.1, -0.05) is 6.07 Å². The number of halogens is 7. The third-order valence-corrected chi connectivity index (χ3v) is 4.02. The molecule has 1 heterocycles. The van der Waals surface area contributed by atoms with Crippen molar-refractivity contribution in [3.63, 3.8) is 0 Å². The molecule has 4 nitrogen and oxygen atoms in total. The maximum atomic E-state index is 14.2. The van der Waals surface area contributed by atoms with Crippen LogP contribution in [0.25, 0.3) is 22.6 Å². The number of alkyl halides is 7. The van der Waals surface area contributed by atoms with Crippen molar-refractivity contribution in [2.75, 3.05) is 12.8 Å². The lowest BCUT2D eigenvalue weighted by atomic mass is 9.94. The molecule has 0 aliphatic carbocycles. The van der Waals surface area contributed by atoms with E-state index in [0.717, 1.165) is 6.07 Å². The number of nitrogens with two attached hydrogens (primary N) is 1. The number of nitrogens with zero attached hydrogens (tertiary/aromatic N) is 1. The van der Waals surface area contributed by atoms with E-state index in [2.05, 4.69) is 4.98 Å². The van der Waals surface area contributed by atoms with Crippen LogP contribution < -0.4 is 10.5 Å². The van der Waals surface area contributed by atoms with Crippen LogP contribution in [-0.4, -0.2) is 24.4 Å². The van der Waals surface area contributed by atoms with Gasteiger partial charge < -0.3 is 14.9 Å². The number of nitrogen functional groups attached to an aromatic ring is 1. The second kappa shape index (κ2) is 6.28. The van der Waals surface area contributed by atoms with Gasteiger partial charge in [0, 0.05) is 11.3 Å². The van der Waals surface area contributed by atoms with Crippen LogP contribution in [0.4, 0.5) is 36.4 Å². The molecule has 28 heavy (non-hydrogen) atoms. The van der Waals surface area contributed by atoms with E-state index in [0.29, 0.717) is 12.1 Å². The molecule has 0 bridgehead atoms. The minimum absolute atomic E-state index is 0.0741. The summed E-state index contributed by atoms with van der Waals surface area (Å²) in [5.41, 5.74) is -1.59. The quantitative estimate of drug-likeness (QED) is 0.467. The van der Waals surface area contributed by atoms with Gasteiger partial charge in [-0.05, 0) is 30.3 Å². The third-order valence-electron chi connectivity index (χ3n) is 4.02. The van der Waals surface area contributed by atoms with E-state index in [4.69, 9.17) is 14.9 Å². The van der Waals surface area contributed by atoms with E-state index in [1.165, 1.54) is 25.3 Å². The number of methoxy groups -OCH3 is 1. The molecule has 11 heteroatoms. The Hall–Kier alpha value is -2.98. The Bertz CT molecular complexity index is 1010. The zero-order chi connectivity index (χ0) is 20.9. The normalized spacial score (nSPS) is 13.1. The first-order valence-electron chi connectivity index (χ1n) is 7.56. The smallest absolute Gasteiger partial charge is 0.435 e. The summed E-state index contributed by atoms with van der Waals surface area (Å²) in [4.78, 5) is 3.99. The minimum Gasteiger partial charge on any atom is -0.496 e. The van der Waals surface area contributed by atoms with Crippen molar-refractivity contribution in [2.24, 2.45) is 0 Å². The van der Waals surface area contributed by atoms with E-state index in [9.17, 15) is 30.7 Å². The monoisotopic (exact) mass is 408 g/mol. The van der Waals surface area contributed by atoms with Crippen LogP contribution in [0.5, 0.6) is 5.75 Å². The van der Waals surface area contributed by atoms with Crippen molar-refractivity contribution in [1.82, 2.24) is 4.98 Å². The van der Waals surface area contributed by atoms with Crippen LogP contribution in [-0.2, 0) is 5.67 Å². The second-order valence-electron chi connectivity index (χ2n) is 5.82. The predicted molar refractivity (Wildman–Crippen MR) is 85.3 cm³/mol. The first-order chi connectivity index (χ1) is 12.9. The van der Waals surface area contributed by atoms with Crippen LogP contribution in [0.3, 0.4) is 0 Å². The average Bonchev–Trinajstić information content (AvgIpc) is 3.02. The predicted octanol–water partition coefficient (Wildman–Crippen LogP) is 5.38. The summed E-state index contributed by atoms with van der Waals surface area (Å²) in [7, 11) is 1.33. The highest BCUT2D eigenvalue weighted by atomic mass is 19.4. The van der Waals surface area contributed by atoms with Crippen molar-refractivity contribution >= 4 is 16.8 Å². The van der Waals surface area contributed by atoms with Gasteiger partial charge in [-0.15, -0.1) is 0 Å². The molecule has 0 radical (unpaired) electrons. The van der Waals surface area contributed by atoms with Crippen LogP contribution in [0, 0.1) is 0 Å². The summed E-state index contributed by atoms with van der Waals surface area (Å²) >= 11 is 0. The topological polar surface area (TPSA) is 61.3 Å². The molecule has 150 valence electrons. The zero-order valence-electron chi connectivity index (χ0n) is 14.0. The largest absolute Gasteiger partial charge is 0.496 e. The highest BCUT2D eigenvalue weighted by Crippen LogP contribution is 2.53. The van der Waals surface area contributed by atoms with Gasteiger partial charge in [-0.3, -0.25) is 0 Å². The van der Waals surface area contributed by atoms with Crippen molar-refractivity contribution < 1.29 is 39.9 Å². The summed E-state index contributed by atoms with van der Waals surface area (Å²) in [6, 6.07) is 5.88. The van der Waals surface area contributed by atoms with Crippen LogP contribution >= 0.6 is 0 Å². The molecular formula is C17H11F7N2O2. The second-order valence-corrected chi connectivity index (χ2v) is 5.82. The summed E-state index contributed by atoms with van der Waals surface area (Å²) < 4.78 is 102. The van der Waals surface area contributed by atoms with Crippen molar-refractivity contribution in [2.45, 2.75) is 18.0 Å². The van der Waals surface area contributed by atoms with E-state index in [1.807, 2.05) is 0 Å². The maximum absolute atomic E-state index is 14.2. The van der Waals surface area contributed by atoms with Crippen molar-refractivity contribution in [3.05, 3.63) is 42.0 Å². The molecule has 0 fully saturated rings. The molecule has 0 aliphatic rings. The molecule has 3 rings (SSSR count). The Balaban J connectivity index is 2.18. The highest BCUT2D eigenvalue weighted by molar-refractivity contribution is 5.79. The first-order valence-corrected chi connectivity index (χ1v) is 7.56. The lowest BCUT2D eigenvalue weighted by molar-refractivity contribution is -0.348. The lowest BCUT2D eigenvalue weighted by Gasteiger charge is -2.30. The van der Waals surface area contributed by atoms with Gasteiger partial charge in [0.1, 0.15) is 11.3 Å². The molecule has 0 atom stereocenters. The first kappa shape index (κ1) is 19.8. The molecule has 0 unspecified atom stereocenters. The van der Waals surface area contributed by atoms with Gasteiger partial charge in [0.25, 0.3) is 0 Å². The summed E-state index contributed by atoms with van der Waals surface area (Å²) in [5, 5.41) is 0. The van der Waals surface area contributed by atoms with E-state index >= 15 is 0 Å². The summed E-state index contributed by atoms with van der Waals surface area (Å²) in [5.74, 6) is 0.0891. The van der Waals surface area contributed by atoms with Crippen molar-refractivity contribution in [1.29, 1.82) is 0 Å². The molecule has 0 amide bonds. The number of fused-ring (bicyclic) bond motifs is 1. The fraction of sp³-hybridized carbons (Fsp3) is 0.235. The van der Waals surface area contributed by atoms with Crippen LogP contribution in [0.15, 0.2) is 40.8 Å². The molecule has 0 aliphatic heterocycles. The van der Waals surface area contributed by atoms with E-state index in [-0.39, 0.29) is 28.4 Å². The van der Waals surface area contributed by atoms with Gasteiger partial charge in [-0.25, -0.2) is 9.37 Å². The number of hydrogen-bond acceptors (Lipinski definition) is 4. The molecule has 2 N–H and O–H groups in total. The third kappa shape index (κ3) is 3.00. The Morgan fingerprint density at radius 1 is 0.929 bits per heavy atom. The minimum atomic E-state index is -6.22.